The first kappa shape index (κ1) is 17.3. The highest BCUT2D eigenvalue weighted by molar-refractivity contribution is 5.97. The normalized spacial score (nSPS) is 10.4. The van der Waals surface area contributed by atoms with E-state index >= 15 is 0 Å². The van der Waals surface area contributed by atoms with Crippen molar-refractivity contribution in [3.05, 3.63) is 59.7 Å². The first-order chi connectivity index (χ1) is 12.6. The number of nitrogens with zero attached hydrogens (tertiary/aromatic N) is 4. The van der Waals surface area contributed by atoms with Gasteiger partial charge < -0.3 is 14.8 Å². The number of tetrazole rings is 1. The zero-order chi connectivity index (χ0) is 18.5. The third-order valence-corrected chi connectivity index (χ3v) is 3.70. The first-order valence-electron chi connectivity index (χ1n) is 7.64. The maximum atomic E-state index is 13.6. The molecule has 0 radical (unpaired) electrons. The highest BCUT2D eigenvalue weighted by Crippen LogP contribution is 2.27. The van der Waals surface area contributed by atoms with Crippen molar-refractivity contribution in [1.29, 1.82) is 0 Å². The zero-order valence-electron chi connectivity index (χ0n) is 14.1. The SMILES string of the molecule is COc1ccc(CNC(=O)c2ccc(F)cc2-n2cnnn2)cc1OC. The number of methoxy groups -OCH3 is 2. The van der Waals surface area contributed by atoms with Crippen LogP contribution < -0.4 is 14.8 Å². The lowest BCUT2D eigenvalue weighted by molar-refractivity contribution is 0.0950. The van der Waals surface area contributed by atoms with Gasteiger partial charge in [-0.05, 0) is 40.3 Å². The smallest absolute Gasteiger partial charge is 0.253 e. The van der Waals surface area contributed by atoms with Gasteiger partial charge in [0.2, 0.25) is 0 Å². The van der Waals surface area contributed by atoms with Crippen molar-refractivity contribution in [2.45, 2.75) is 6.54 Å². The number of hydrogen-bond acceptors (Lipinski definition) is 6. The van der Waals surface area contributed by atoms with Crippen LogP contribution in [0.1, 0.15) is 15.9 Å². The summed E-state index contributed by atoms with van der Waals surface area (Å²) in [6, 6.07) is 9.13. The van der Waals surface area contributed by atoms with Gasteiger partial charge in [0.1, 0.15) is 12.1 Å². The average molecular weight is 357 g/mol. The van der Waals surface area contributed by atoms with E-state index in [1.807, 2.05) is 6.07 Å². The van der Waals surface area contributed by atoms with Crippen LogP contribution >= 0.6 is 0 Å². The van der Waals surface area contributed by atoms with Crippen LogP contribution in [0.15, 0.2) is 42.7 Å². The molecule has 0 saturated carbocycles. The van der Waals surface area contributed by atoms with Crippen molar-refractivity contribution in [2.24, 2.45) is 0 Å². The fourth-order valence-electron chi connectivity index (χ4n) is 2.43. The van der Waals surface area contributed by atoms with Crippen LogP contribution in [-0.2, 0) is 6.54 Å². The Kier molecular flexibility index (Phi) is 5.07. The molecule has 3 rings (SSSR count). The fourth-order valence-corrected chi connectivity index (χ4v) is 2.43. The number of halogens is 1. The van der Waals surface area contributed by atoms with Crippen LogP contribution in [0.4, 0.5) is 4.39 Å². The number of amides is 1. The molecule has 0 aliphatic rings. The van der Waals surface area contributed by atoms with E-state index in [1.165, 1.54) is 36.3 Å². The Hall–Kier alpha value is -3.49. The molecule has 1 heterocycles. The van der Waals surface area contributed by atoms with Gasteiger partial charge in [-0.15, -0.1) is 5.10 Å². The second kappa shape index (κ2) is 7.60. The van der Waals surface area contributed by atoms with Crippen LogP contribution in [-0.4, -0.2) is 40.3 Å². The van der Waals surface area contributed by atoms with Crippen molar-refractivity contribution >= 4 is 5.91 Å². The summed E-state index contributed by atoms with van der Waals surface area (Å²) in [5.74, 6) is 0.287. The van der Waals surface area contributed by atoms with Gasteiger partial charge in [-0.25, -0.2) is 4.39 Å². The monoisotopic (exact) mass is 357 g/mol. The number of carbonyl (C=O) groups excluding carboxylic acids is 1. The molecule has 9 heteroatoms. The maximum absolute atomic E-state index is 13.6. The van der Waals surface area contributed by atoms with E-state index in [1.54, 1.807) is 19.2 Å². The summed E-state index contributed by atoms with van der Waals surface area (Å²) >= 11 is 0. The van der Waals surface area contributed by atoms with Gasteiger partial charge in [0.05, 0.1) is 25.5 Å². The van der Waals surface area contributed by atoms with Crippen molar-refractivity contribution in [3.8, 4) is 17.2 Å². The molecule has 3 aromatic rings. The molecule has 0 atom stereocenters. The van der Waals surface area contributed by atoms with Crippen molar-refractivity contribution in [1.82, 2.24) is 25.5 Å². The van der Waals surface area contributed by atoms with Gasteiger partial charge in [0, 0.05) is 12.6 Å². The first-order valence-corrected chi connectivity index (χ1v) is 7.64. The Morgan fingerprint density at radius 1 is 1.15 bits per heavy atom. The minimum atomic E-state index is -0.494. The maximum Gasteiger partial charge on any atom is 0.253 e. The number of ether oxygens (including phenoxy) is 2. The summed E-state index contributed by atoms with van der Waals surface area (Å²) in [6.07, 6.45) is 1.29. The van der Waals surface area contributed by atoms with Crippen molar-refractivity contribution in [3.63, 3.8) is 0 Å². The molecule has 0 aliphatic heterocycles. The number of nitrogens with one attached hydrogen (secondary N) is 1. The number of aromatic nitrogens is 4. The lowest BCUT2D eigenvalue weighted by Crippen LogP contribution is -2.24. The molecule has 0 spiro atoms. The Balaban J connectivity index is 1.79. The van der Waals surface area contributed by atoms with Crippen LogP contribution in [0.5, 0.6) is 11.5 Å². The third kappa shape index (κ3) is 3.61. The van der Waals surface area contributed by atoms with E-state index in [0.29, 0.717) is 11.5 Å². The van der Waals surface area contributed by atoms with E-state index in [9.17, 15) is 9.18 Å². The van der Waals surface area contributed by atoms with Crippen molar-refractivity contribution in [2.75, 3.05) is 14.2 Å². The Labute approximate surface area is 148 Å². The molecule has 0 fully saturated rings. The third-order valence-electron chi connectivity index (χ3n) is 3.70. The molecule has 8 nitrogen and oxygen atoms in total. The molecule has 0 saturated heterocycles. The van der Waals surface area contributed by atoms with E-state index in [4.69, 9.17) is 9.47 Å². The molecule has 134 valence electrons. The predicted octanol–water partition coefficient (Wildman–Crippen LogP) is 1.75. The lowest BCUT2D eigenvalue weighted by Gasteiger charge is -2.12. The van der Waals surface area contributed by atoms with Gasteiger partial charge in [-0.1, -0.05) is 6.07 Å². The van der Waals surface area contributed by atoms with Crippen LogP contribution in [0.2, 0.25) is 0 Å². The number of rotatable bonds is 6. The van der Waals surface area contributed by atoms with Crippen LogP contribution in [0.25, 0.3) is 5.69 Å². The number of benzene rings is 2. The summed E-state index contributed by atoms with van der Waals surface area (Å²) in [6.45, 7) is 0.256. The largest absolute Gasteiger partial charge is 0.493 e. The van der Waals surface area contributed by atoms with Gasteiger partial charge in [0.15, 0.2) is 11.5 Å². The molecule has 0 bridgehead atoms. The summed E-state index contributed by atoms with van der Waals surface area (Å²) < 4.78 is 25.2. The van der Waals surface area contributed by atoms with E-state index in [2.05, 4.69) is 20.8 Å². The van der Waals surface area contributed by atoms with E-state index in [-0.39, 0.29) is 23.7 Å². The predicted molar refractivity (Wildman–Crippen MR) is 89.8 cm³/mol. The molecular weight excluding hydrogens is 341 g/mol. The topological polar surface area (TPSA) is 91.2 Å². The highest BCUT2D eigenvalue weighted by Gasteiger charge is 2.15. The van der Waals surface area contributed by atoms with Crippen LogP contribution in [0.3, 0.4) is 0 Å². The minimum Gasteiger partial charge on any atom is -0.493 e. The summed E-state index contributed by atoms with van der Waals surface area (Å²) in [4.78, 5) is 12.6. The molecule has 0 aliphatic carbocycles. The molecule has 1 N–H and O–H groups in total. The minimum absolute atomic E-state index is 0.249. The standard InChI is InChI=1S/C17H16FN5O3/c1-25-15-6-3-11(7-16(15)26-2)9-19-17(24)13-5-4-12(18)8-14(13)23-10-20-21-22-23/h3-8,10H,9H2,1-2H3,(H,19,24). The Morgan fingerprint density at radius 3 is 2.65 bits per heavy atom. The highest BCUT2D eigenvalue weighted by atomic mass is 19.1. The quantitative estimate of drug-likeness (QED) is 0.723. The molecule has 1 aromatic heterocycles. The molecular formula is C17H16FN5O3. The fraction of sp³-hybridized carbons (Fsp3) is 0.176. The van der Waals surface area contributed by atoms with Gasteiger partial charge in [0.25, 0.3) is 5.91 Å². The molecule has 1 amide bonds. The summed E-state index contributed by atoms with van der Waals surface area (Å²) in [5.41, 5.74) is 1.32. The van der Waals surface area contributed by atoms with Gasteiger partial charge in [-0.2, -0.15) is 4.68 Å². The molecule has 0 unspecified atom stereocenters. The Morgan fingerprint density at radius 2 is 1.96 bits per heavy atom. The van der Waals surface area contributed by atoms with E-state index in [0.717, 1.165) is 5.56 Å². The number of carbonyl (C=O) groups is 1. The molecule has 2 aromatic carbocycles. The van der Waals surface area contributed by atoms with Crippen molar-refractivity contribution < 1.29 is 18.7 Å². The Bertz CT molecular complexity index is 915. The average Bonchev–Trinajstić information content (AvgIpc) is 3.20. The summed E-state index contributed by atoms with van der Waals surface area (Å²) in [7, 11) is 3.09. The second-order valence-electron chi connectivity index (χ2n) is 5.29. The van der Waals surface area contributed by atoms with E-state index < -0.39 is 5.82 Å². The summed E-state index contributed by atoms with van der Waals surface area (Å²) in [5, 5.41) is 13.5. The number of hydrogen-bond donors (Lipinski definition) is 1. The van der Waals surface area contributed by atoms with Gasteiger partial charge in [-0.3, -0.25) is 4.79 Å². The molecule has 26 heavy (non-hydrogen) atoms. The van der Waals surface area contributed by atoms with Crippen LogP contribution in [0, 0.1) is 5.82 Å². The zero-order valence-corrected chi connectivity index (χ0v) is 14.1. The second-order valence-corrected chi connectivity index (χ2v) is 5.29. The lowest BCUT2D eigenvalue weighted by atomic mass is 10.1. The van der Waals surface area contributed by atoms with Gasteiger partial charge >= 0.3 is 0 Å².